The quantitative estimate of drug-likeness (QED) is 0.389. The molecule has 1 aromatic heterocycles. The van der Waals surface area contributed by atoms with Crippen molar-refractivity contribution in [3.63, 3.8) is 0 Å². The Bertz CT molecular complexity index is 1130. The van der Waals surface area contributed by atoms with Gasteiger partial charge < -0.3 is 19.3 Å². The van der Waals surface area contributed by atoms with Gasteiger partial charge in [0.25, 0.3) is 0 Å². The number of rotatable bonds is 6. The summed E-state index contributed by atoms with van der Waals surface area (Å²) in [7, 11) is 0. The fourth-order valence-corrected chi connectivity index (χ4v) is 5.29. The topological polar surface area (TPSA) is 61.5 Å². The van der Waals surface area contributed by atoms with Gasteiger partial charge in [-0.15, -0.1) is 38.0 Å². The van der Waals surface area contributed by atoms with Crippen LogP contribution >= 0.6 is 47.8 Å². The summed E-state index contributed by atoms with van der Waals surface area (Å²) in [5, 5.41) is 19.5. The zero-order valence-corrected chi connectivity index (χ0v) is 21.1. The molecular formula is C22H25Cl3F3N3O2S. The molecule has 1 aliphatic rings. The van der Waals surface area contributed by atoms with Crippen LogP contribution in [0.1, 0.15) is 24.5 Å². The van der Waals surface area contributed by atoms with Gasteiger partial charge in [-0.3, -0.25) is 5.41 Å². The van der Waals surface area contributed by atoms with Crippen LogP contribution in [0.3, 0.4) is 0 Å². The summed E-state index contributed by atoms with van der Waals surface area (Å²) in [6, 6.07) is 11.0. The first-order chi connectivity index (χ1) is 15.2. The van der Waals surface area contributed by atoms with Gasteiger partial charge in [0.2, 0.25) is 0 Å². The number of aromatic nitrogens is 1. The molecule has 4 rings (SSSR count). The second-order valence-corrected chi connectivity index (χ2v) is 9.47. The van der Waals surface area contributed by atoms with E-state index in [-0.39, 0.29) is 30.6 Å². The molecule has 5 nitrogen and oxygen atoms in total. The van der Waals surface area contributed by atoms with Crippen LogP contribution in [0, 0.1) is 11.3 Å². The van der Waals surface area contributed by atoms with Gasteiger partial charge in [0.15, 0.2) is 4.80 Å². The number of β-amino-alcohol motifs (C(OH)–C–C–N with tert-alkyl or cyclic N) is 1. The van der Waals surface area contributed by atoms with Crippen LogP contribution in [0.5, 0.6) is 5.75 Å². The van der Waals surface area contributed by atoms with E-state index >= 15 is 0 Å². The minimum atomic E-state index is -4.73. The predicted octanol–water partition coefficient (Wildman–Crippen LogP) is 6.02. The Balaban J connectivity index is 0.00000204. The smallest absolute Gasteiger partial charge is 0.406 e. The molecule has 0 radical (unpaired) electrons. The first-order valence-corrected chi connectivity index (χ1v) is 11.5. The van der Waals surface area contributed by atoms with Gasteiger partial charge >= 0.3 is 6.36 Å². The number of fused-ring (bicyclic) bond motifs is 1. The summed E-state index contributed by atoms with van der Waals surface area (Å²) in [6.07, 6.45) is -3.62. The lowest BCUT2D eigenvalue weighted by molar-refractivity contribution is -0.274. The molecule has 0 unspecified atom stereocenters. The highest BCUT2D eigenvalue weighted by Crippen LogP contribution is 2.27. The molecule has 0 spiro atoms. The van der Waals surface area contributed by atoms with Crippen molar-refractivity contribution in [2.24, 2.45) is 5.92 Å². The maximum absolute atomic E-state index is 12.3. The number of aliphatic hydroxyl groups excluding tert-OH is 1. The van der Waals surface area contributed by atoms with Crippen molar-refractivity contribution in [2.45, 2.75) is 31.9 Å². The van der Waals surface area contributed by atoms with Crippen molar-refractivity contribution < 1.29 is 23.0 Å². The van der Waals surface area contributed by atoms with E-state index in [2.05, 4.69) is 9.64 Å². The lowest BCUT2D eigenvalue weighted by Gasteiger charge is -2.33. The fourth-order valence-electron chi connectivity index (χ4n) is 4.09. The van der Waals surface area contributed by atoms with E-state index < -0.39 is 12.5 Å². The third-order valence-electron chi connectivity index (χ3n) is 5.74. The molecule has 0 aliphatic carbocycles. The summed E-state index contributed by atoms with van der Waals surface area (Å²) < 4.78 is 43.8. The summed E-state index contributed by atoms with van der Waals surface area (Å²) in [5.74, 6) is 0.133. The van der Waals surface area contributed by atoms with Crippen LogP contribution in [-0.2, 0) is 6.54 Å². The Hall–Kier alpha value is -1.49. The van der Waals surface area contributed by atoms with Gasteiger partial charge in [-0.2, -0.15) is 0 Å². The number of alkyl halides is 3. The van der Waals surface area contributed by atoms with Crippen molar-refractivity contribution >= 4 is 58.0 Å². The molecule has 1 saturated heterocycles. The standard InChI is InChI=1S/C22H23ClF3N3O2S.2ClH/c23-16-3-6-18-20(11-16)32-21(27)29(18)12-14-7-9-28(10-8-14)13-19(30)15-1-4-17(5-2-15)31-22(24,25)26;;/h1-6,11,14,19,27,30H,7-10,12-13H2;2*1H/t19-;;/m1../s1. The average Bonchev–Trinajstić information content (AvgIpc) is 3.03. The van der Waals surface area contributed by atoms with Crippen LogP contribution in [-0.4, -0.2) is 40.6 Å². The third kappa shape index (κ3) is 7.26. The van der Waals surface area contributed by atoms with Crippen LogP contribution in [0.4, 0.5) is 13.2 Å². The number of benzene rings is 2. The molecule has 0 bridgehead atoms. The second kappa shape index (κ2) is 12.0. The second-order valence-electron chi connectivity index (χ2n) is 8.01. The molecule has 1 fully saturated rings. The summed E-state index contributed by atoms with van der Waals surface area (Å²) >= 11 is 7.49. The van der Waals surface area contributed by atoms with Gasteiger partial charge in [0.1, 0.15) is 5.75 Å². The number of hydrogen-bond donors (Lipinski definition) is 2. The summed E-state index contributed by atoms with van der Waals surface area (Å²) in [4.78, 5) is 2.68. The number of nitrogens with zero attached hydrogens (tertiary/aromatic N) is 2. The number of halogens is 6. The average molecular weight is 559 g/mol. The van der Waals surface area contributed by atoms with Crippen LogP contribution in [0.15, 0.2) is 42.5 Å². The Labute approximate surface area is 216 Å². The Morgan fingerprint density at radius 2 is 1.76 bits per heavy atom. The molecule has 1 atom stereocenters. The number of hydrogen-bond acceptors (Lipinski definition) is 5. The summed E-state index contributed by atoms with van der Waals surface area (Å²) in [5.41, 5.74) is 1.58. The van der Waals surface area contributed by atoms with E-state index in [0.29, 0.717) is 27.9 Å². The highest BCUT2D eigenvalue weighted by molar-refractivity contribution is 7.16. The molecule has 0 saturated carbocycles. The molecule has 34 heavy (non-hydrogen) atoms. The molecule has 188 valence electrons. The largest absolute Gasteiger partial charge is 0.573 e. The highest BCUT2D eigenvalue weighted by Gasteiger charge is 2.31. The van der Waals surface area contributed by atoms with Crippen molar-refractivity contribution in [1.82, 2.24) is 9.47 Å². The first kappa shape index (κ1) is 28.7. The van der Waals surface area contributed by atoms with Gasteiger partial charge in [-0.1, -0.05) is 35.1 Å². The predicted molar refractivity (Wildman–Crippen MR) is 132 cm³/mol. The van der Waals surface area contributed by atoms with Crippen LogP contribution in [0.25, 0.3) is 10.2 Å². The molecule has 2 aromatic carbocycles. The molecule has 2 N–H and O–H groups in total. The number of ether oxygens (including phenoxy) is 1. The van der Waals surface area contributed by atoms with E-state index in [1.807, 2.05) is 22.8 Å². The SMILES string of the molecule is Cl.Cl.N=c1sc2cc(Cl)ccc2n1CC1CCN(C[C@@H](O)c2ccc(OC(F)(F)F)cc2)CC1. The third-order valence-corrected chi connectivity index (χ3v) is 6.94. The Kier molecular flexibility index (Phi) is 10.1. The monoisotopic (exact) mass is 557 g/mol. The van der Waals surface area contributed by atoms with Crippen LogP contribution < -0.4 is 9.54 Å². The van der Waals surface area contributed by atoms with Crippen LogP contribution in [0.2, 0.25) is 5.02 Å². The van der Waals surface area contributed by atoms with Gasteiger partial charge in [-0.25, -0.2) is 0 Å². The van der Waals surface area contributed by atoms with Crippen molar-refractivity contribution in [3.05, 3.63) is 57.9 Å². The lowest BCUT2D eigenvalue weighted by atomic mass is 9.96. The number of nitrogens with one attached hydrogen (secondary N) is 1. The number of thiazole rings is 1. The first-order valence-electron chi connectivity index (χ1n) is 10.3. The fraction of sp³-hybridized carbons (Fsp3) is 0.409. The Morgan fingerprint density at radius 1 is 1.12 bits per heavy atom. The van der Waals surface area contributed by atoms with E-state index in [1.165, 1.54) is 35.6 Å². The molecule has 2 heterocycles. The summed E-state index contributed by atoms with van der Waals surface area (Å²) in [6.45, 7) is 2.83. The Morgan fingerprint density at radius 3 is 2.38 bits per heavy atom. The molecule has 1 aliphatic heterocycles. The zero-order valence-electron chi connectivity index (χ0n) is 17.9. The molecule has 3 aromatic rings. The number of piperidine rings is 1. The van der Waals surface area contributed by atoms with Crippen molar-refractivity contribution in [1.29, 1.82) is 5.41 Å². The van der Waals surface area contributed by atoms with Crippen molar-refractivity contribution in [2.75, 3.05) is 19.6 Å². The van der Waals surface area contributed by atoms with Gasteiger partial charge in [0.05, 0.1) is 16.3 Å². The van der Waals surface area contributed by atoms with Crippen molar-refractivity contribution in [3.8, 4) is 5.75 Å². The molecule has 12 heteroatoms. The molecule has 0 amide bonds. The van der Waals surface area contributed by atoms with Gasteiger partial charge in [-0.05, 0) is 67.7 Å². The van der Waals surface area contributed by atoms with E-state index in [9.17, 15) is 18.3 Å². The maximum Gasteiger partial charge on any atom is 0.573 e. The number of likely N-dealkylation sites (tertiary alicyclic amines) is 1. The highest BCUT2D eigenvalue weighted by atomic mass is 35.5. The maximum atomic E-state index is 12.3. The minimum absolute atomic E-state index is 0. The number of aliphatic hydroxyl groups is 1. The zero-order chi connectivity index (χ0) is 22.9. The van der Waals surface area contributed by atoms with Gasteiger partial charge in [0, 0.05) is 18.1 Å². The lowest BCUT2D eigenvalue weighted by Crippen LogP contribution is -2.38. The van der Waals surface area contributed by atoms with E-state index in [1.54, 1.807) is 0 Å². The molecular weight excluding hydrogens is 534 g/mol. The normalized spacial score (nSPS) is 16.0. The minimum Gasteiger partial charge on any atom is -0.406 e. The van der Waals surface area contributed by atoms with E-state index in [4.69, 9.17) is 17.0 Å². The van der Waals surface area contributed by atoms with E-state index in [0.717, 1.165) is 42.7 Å².